The van der Waals surface area contributed by atoms with Gasteiger partial charge in [0.05, 0.1) is 5.69 Å². The zero-order valence-electron chi connectivity index (χ0n) is 11.8. The summed E-state index contributed by atoms with van der Waals surface area (Å²) >= 11 is 0. The molecule has 0 saturated carbocycles. The summed E-state index contributed by atoms with van der Waals surface area (Å²) in [6.07, 6.45) is 1.88. The zero-order valence-corrected chi connectivity index (χ0v) is 11.8. The van der Waals surface area contributed by atoms with Crippen LogP contribution in [-0.2, 0) is 0 Å². The first-order valence-corrected chi connectivity index (χ1v) is 6.84. The number of pyridine rings is 1. The van der Waals surface area contributed by atoms with E-state index >= 15 is 0 Å². The minimum atomic E-state index is 1.07. The largest absolute Gasteiger partial charge is 0.256 e. The molecular weight excluding hydrogens is 242 g/mol. The zero-order chi connectivity index (χ0) is 13.9. The molecule has 20 heavy (non-hydrogen) atoms. The summed E-state index contributed by atoms with van der Waals surface area (Å²) < 4.78 is 0. The van der Waals surface area contributed by atoms with Crippen LogP contribution in [0.1, 0.15) is 11.1 Å². The second-order valence-corrected chi connectivity index (χ2v) is 5.05. The van der Waals surface area contributed by atoms with E-state index in [-0.39, 0.29) is 0 Å². The Kier molecular flexibility index (Phi) is 3.34. The summed E-state index contributed by atoms with van der Waals surface area (Å²) in [6, 6.07) is 21.1. The van der Waals surface area contributed by atoms with Gasteiger partial charge in [0.1, 0.15) is 0 Å². The van der Waals surface area contributed by atoms with E-state index in [0.717, 1.165) is 5.69 Å². The fraction of sp³-hybridized carbons (Fsp3) is 0.105. The normalized spacial score (nSPS) is 10.5. The van der Waals surface area contributed by atoms with Gasteiger partial charge in [0.25, 0.3) is 0 Å². The van der Waals surface area contributed by atoms with Crippen molar-refractivity contribution in [2.75, 3.05) is 0 Å². The van der Waals surface area contributed by atoms with Crippen molar-refractivity contribution in [3.05, 3.63) is 78.0 Å². The third-order valence-corrected chi connectivity index (χ3v) is 3.72. The Labute approximate surface area is 119 Å². The van der Waals surface area contributed by atoms with E-state index in [1.807, 2.05) is 12.3 Å². The van der Waals surface area contributed by atoms with Gasteiger partial charge in [-0.1, -0.05) is 48.5 Å². The molecule has 0 N–H and O–H groups in total. The molecule has 1 heterocycles. The molecule has 1 aromatic heterocycles. The Hall–Kier alpha value is -2.41. The van der Waals surface area contributed by atoms with Crippen molar-refractivity contribution in [2.45, 2.75) is 13.8 Å². The van der Waals surface area contributed by atoms with E-state index in [1.165, 1.54) is 27.8 Å². The first-order valence-electron chi connectivity index (χ1n) is 6.84. The number of rotatable bonds is 2. The van der Waals surface area contributed by atoms with Crippen LogP contribution in [0.15, 0.2) is 66.9 Å². The van der Waals surface area contributed by atoms with Gasteiger partial charge in [-0.2, -0.15) is 0 Å². The lowest BCUT2D eigenvalue weighted by Crippen LogP contribution is -1.91. The summed E-state index contributed by atoms with van der Waals surface area (Å²) in [5.74, 6) is 0. The summed E-state index contributed by atoms with van der Waals surface area (Å²) in [7, 11) is 0. The lowest BCUT2D eigenvalue weighted by Gasteiger charge is -2.09. The molecule has 0 fully saturated rings. The number of hydrogen-bond donors (Lipinski definition) is 0. The Morgan fingerprint density at radius 3 is 2.20 bits per heavy atom. The minimum absolute atomic E-state index is 1.07. The van der Waals surface area contributed by atoms with Gasteiger partial charge in [-0.15, -0.1) is 0 Å². The van der Waals surface area contributed by atoms with Gasteiger partial charge >= 0.3 is 0 Å². The van der Waals surface area contributed by atoms with Crippen LogP contribution in [0.4, 0.5) is 0 Å². The van der Waals surface area contributed by atoms with Crippen molar-refractivity contribution < 1.29 is 0 Å². The van der Waals surface area contributed by atoms with Crippen molar-refractivity contribution in [2.24, 2.45) is 0 Å². The van der Waals surface area contributed by atoms with Crippen molar-refractivity contribution in [3.8, 4) is 22.4 Å². The summed E-state index contributed by atoms with van der Waals surface area (Å²) in [6.45, 7) is 4.26. The summed E-state index contributed by atoms with van der Waals surface area (Å²) in [4.78, 5) is 4.54. The Balaban J connectivity index is 2.10. The van der Waals surface area contributed by atoms with Crippen LogP contribution in [0.3, 0.4) is 0 Å². The first kappa shape index (κ1) is 12.6. The molecule has 98 valence electrons. The second-order valence-electron chi connectivity index (χ2n) is 5.05. The SMILES string of the molecule is Cc1ccnc(-c2cccc(-c3ccccc3)c2)c1C. The standard InChI is InChI=1S/C19H17N/c1-14-11-12-20-19(15(14)2)18-10-6-9-17(13-18)16-7-4-3-5-8-16/h3-13H,1-2H3. The predicted octanol–water partition coefficient (Wildman–Crippen LogP) is 5.03. The van der Waals surface area contributed by atoms with Crippen LogP contribution in [0, 0.1) is 13.8 Å². The van der Waals surface area contributed by atoms with Crippen LogP contribution in [-0.4, -0.2) is 4.98 Å². The molecular formula is C19H17N. The van der Waals surface area contributed by atoms with Gasteiger partial charge < -0.3 is 0 Å². The van der Waals surface area contributed by atoms with Gasteiger partial charge in [-0.3, -0.25) is 4.98 Å². The molecule has 0 spiro atoms. The first-order chi connectivity index (χ1) is 9.75. The van der Waals surface area contributed by atoms with Crippen molar-refractivity contribution in [1.82, 2.24) is 4.98 Å². The van der Waals surface area contributed by atoms with Crippen LogP contribution in [0.2, 0.25) is 0 Å². The van der Waals surface area contributed by atoms with Crippen molar-refractivity contribution in [1.29, 1.82) is 0 Å². The molecule has 3 rings (SSSR count). The number of hydrogen-bond acceptors (Lipinski definition) is 1. The van der Waals surface area contributed by atoms with E-state index in [4.69, 9.17) is 0 Å². The quantitative estimate of drug-likeness (QED) is 0.628. The molecule has 0 aliphatic carbocycles. The van der Waals surface area contributed by atoms with Crippen molar-refractivity contribution in [3.63, 3.8) is 0 Å². The Bertz CT molecular complexity index is 730. The third kappa shape index (κ3) is 2.35. The number of benzene rings is 2. The Morgan fingerprint density at radius 1 is 0.700 bits per heavy atom. The highest BCUT2D eigenvalue weighted by molar-refractivity contribution is 5.73. The molecule has 0 atom stereocenters. The van der Waals surface area contributed by atoms with Gasteiger partial charge in [-0.05, 0) is 48.2 Å². The number of aromatic nitrogens is 1. The van der Waals surface area contributed by atoms with Crippen molar-refractivity contribution >= 4 is 0 Å². The molecule has 0 saturated heterocycles. The van der Waals surface area contributed by atoms with E-state index in [0.29, 0.717) is 0 Å². The van der Waals surface area contributed by atoms with E-state index in [2.05, 4.69) is 73.4 Å². The average Bonchev–Trinajstić information content (AvgIpc) is 2.51. The average molecular weight is 259 g/mol. The van der Waals surface area contributed by atoms with E-state index < -0.39 is 0 Å². The molecule has 0 radical (unpaired) electrons. The van der Waals surface area contributed by atoms with Crippen LogP contribution in [0.25, 0.3) is 22.4 Å². The lowest BCUT2D eigenvalue weighted by atomic mass is 9.98. The summed E-state index contributed by atoms with van der Waals surface area (Å²) in [5.41, 5.74) is 7.23. The minimum Gasteiger partial charge on any atom is -0.256 e. The second kappa shape index (κ2) is 5.30. The fourth-order valence-electron chi connectivity index (χ4n) is 2.40. The fourth-order valence-corrected chi connectivity index (χ4v) is 2.40. The maximum atomic E-state index is 4.54. The molecule has 0 aliphatic rings. The number of aryl methyl sites for hydroxylation is 1. The van der Waals surface area contributed by atoms with E-state index in [1.54, 1.807) is 0 Å². The molecule has 1 heteroatoms. The van der Waals surface area contributed by atoms with E-state index in [9.17, 15) is 0 Å². The molecule has 0 amide bonds. The molecule has 0 bridgehead atoms. The van der Waals surface area contributed by atoms with Crippen LogP contribution < -0.4 is 0 Å². The maximum absolute atomic E-state index is 4.54. The molecule has 3 aromatic rings. The molecule has 1 nitrogen and oxygen atoms in total. The highest BCUT2D eigenvalue weighted by Crippen LogP contribution is 2.27. The topological polar surface area (TPSA) is 12.9 Å². The van der Waals surface area contributed by atoms with Crippen LogP contribution >= 0.6 is 0 Å². The summed E-state index contributed by atoms with van der Waals surface area (Å²) in [5, 5.41) is 0. The predicted molar refractivity (Wildman–Crippen MR) is 84.6 cm³/mol. The van der Waals surface area contributed by atoms with Gasteiger partial charge in [0, 0.05) is 11.8 Å². The molecule has 0 aliphatic heterocycles. The van der Waals surface area contributed by atoms with Gasteiger partial charge in [-0.25, -0.2) is 0 Å². The maximum Gasteiger partial charge on any atom is 0.0733 e. The highest BCUT2D eigenvalue weighted by Gasteiger charge is 2.06. The van der Waals surface area contributed by atoms with Crippen LogP contribution in [0.5, 0.6) is 0 Å². The third-order valence-electron chi connectivity index (χ3n) is 3.72. The molecule has 2 aromatic carbocycles. The Morgan fingerprint density at radius 2 is 1.40 bits per heavy atom. The van der Waals surface area contributed by atoms with Gasteiger partial charge in [0.15, 0.2) is 0 Å². The number of nitrogens with zero attached hydrogens (tertiary/aromatic N) is 1. The van der Waals surface area contributed by atoms with Gasteiger partial charge in [0.2, 0.25) is 0 Å². The monoisotopic (exact) mass is 259 g/mol. The molecule has 0 unspecified atom stereocenters. The lowest BCUT2D eigenvalue weighted by molar-refractivity contribution is 1.22. The smallest absolute Gasteiger partial charge is 0.0733 e. The highest BCUT2D eigenvalue weighted by atomic mass is 14.7.